The van der Waals surface area contributed by atoms with Crippen molar-refractivity contribution in [3.63, 3.8) is 0 Å². The average molecular weight is 308 g/mol. The van der Waals surface area contributed by atoms with E-state index in [0.717, 1.165) is 18.8 Å². The van der Waals surface area contributed by atoms with E-state index in [1.807, 2.05) is 0 Å². The minimum Gasteiger partial charge on any atom is -0.383 e. The molecule has 2 fully saturated rings. The highest BCUT2D eigenvalue weighted by molar-refractivity contribution is 8.00. The zero-order chi connectivity index (χ0) is 13.9. The SMILES string of the molecule is COCC(CNC1CC1)N1CCSCC1S(C)(=O)=O. The Morgan fingerprint density at radius 2 is 2.21 bits per heavy atom. The van der Waals surface area contributed by atoms with Crippen LogP contribution in [0, 0.1) is 0 Å². The molecule has 0 spiro atoms. The summed E-state index contributed by atoms with van der Waals surface area (Å²) in [7, 11) is -1.36. The number of hydrogen-bond donors (Lipinski definition) is 1. The zero-order valence-corrected chi connectivity index (χ0v) is 13.3. The van der Waals surface area contributed by atoms with Crippen molar-refractivity contribution in [2.45, 2.75) is 30.3 Å². The van der Waals surface area contributed by atoms with Crippen molar-refractivity contribution < 1.29 is 13.2 Å². The maximum atomic E-state index is 11.9. The predicted octanol–water partition coefficient (Wildman–Crippen LogP) is 0.173. The van der Waals surface area contributed by atoms with Gasteiger partial charge >= 0.3 is 0 Å². The Labute approximate surface area is 120 Å². The van der Waals surface area contributed by atoms with Gasteiger partial charge in [0.05, 0.1) is 6.61 Å². The van der Waals surface area contributed by atoms with E-state index in [2.05, 4.69) is 10.2 Å². The summed E-state index contributed by atoms with van der Waals surface area (Å²) in [5.41, 5.74) is 0. The summed E-state index contributed by atoms with van der Waals surface area (Å²) in [5.74, 6) is 1.66. The Hall–Kier alpha value is 0.180. The molecule has 1 N–H and O–H groups in total. The van der Waals surface area contributed by atoms with Gasteiger partial charge < -0.3 is 10.1 Å². The van der Waals surface area contributed by atoms with Crippen LogP contribution in [0.5, 0.6) is 0 Å². The van der Waals surface area contributed by atoms with Crippen LogP contribution < -0.4 is 5.32 Å². The Bertz CT molecular complexity index is 384. The first-order valence-electron chi connectivity index (χ1n) is 6.77. The van der Waals surface area contributed by atoms with Gasteiger partial charge in [0.2, 0.25) is 0 Å². The van der Waals surface area contributed by atoms with E-state index in [0.29, 0.717) is 18.4 Å². The fourth-order valence-electron chi connectivity index (χ4n) is 2.44. The molecular weight excluding hydrogens is 284 g/mol. The Kier molecular flexibility index (Phi) is 5.54. The molecule has 5 nitrogen and oxygen atoms in total. The van der Waals surface area contributed by atoms with E-state index < -0.39 is 9.84 Å². The average Bonchev–Trinajstić information content (AvgIpc) is 3.17. The summed E-state index contributed by atoms with van der Waals surface area (Å²) in [6, 6.07) is 0.779. The number of sulfone groups is 1. The minimum absolute atomic E-state index is 0.145. The molecule has 0 aromatic rings. The number of methoxy groups -OCH3 is 1. The van der Waals surface area contributed by atoms with Gasteiger partial charge in [-0.3, -0.25) is 4.90 Å². The molecule has 19 heavy (non-hydrogen) atoms. The van der Waals surface area contributed by atoms with Crippen LogP contribution in [0.2, 0.25) is 0 Å². The van der Waals surface area contributed by atoms with Gasteiger partial charge in [-0.15, -0.1) is 0 Å². The predicted molar refractivity (Wildman–Crippen MR) is 79.4 cm³/mol. The van der Waals surface area contributed by atoms with Gasteiger partial charge in [0.15, 0.2) is 9.84 Å². The number of hydrogen-bond acceptors (Lipinski definition) is 6. The van der Waals surface area contributed by atoms with Crippen LogP contribution in [0.1, 0.15) is 12.8 Å². The third-order valence-corrected chi connectivity index (χ3v) is 6.33. The highest BCUT2D eigenvalue weighted by Gasteiger charge is 2.36. The Morgan fingerprint density at radius 1 is 1.47 bits per heavy atom. The molecule has 2 atom stereocenters. The maximum absolute atomic E-state index is 11.9. The smallest absolute Gasteiger partial charge is 0.164 e. The second-order valence-electron chi connectivity index (χ2n) is 5.39. The summed E-state index contributed by atoms with van der Waals surface area (Å²) < 4.78 is 29.2. The molecule has 1 aliphatic heterocycles. The molecule has 1 aliphatic carbocycles. The van der Waals surface area contributed by atoms with Gasteiger partial charge in [-0.1, -0.05) is 0 Å². The van der Waals surface area contributed by atoms with Gasteiger partial charge in [-0.05, 0) is 12.8 Å². The van der Waals surface area contributed by atoms with E-state index in [1.54, 1.807) is 18.9 Å². The molecule has 1 saturated heterocycles. The van der Waals surface area contributed by atoms with Crippen molar-refractivity contribution in [3.05, 3.63) is 0 Å². The molecule has 2 rings (SSSR count). The molecule has 7 heteroatoms. The minimum atomic E-state index is -3.04. The molecule has 2 aliphatic rings. The van der Waals surface area contributed by atoms with Crippen LogP contribution in [0.4, 0.5) is 0 Å². The largest absolute Gasteiger partial charge is 0.383 e. The molecule has 0 amide bonds. The lowest BCUT2D eigenvalue weighted by molar-refractivity contribution is 0.0864. The molecule has 2 unspecified atom stereocenters. The number of rotatable bonds is 7. The molecule has 0 bridgehead atoms. The molecule has 1 saturated carbocycles. The van der Waals surface area contributed by atoms with Crippen LogP contribution in [-0.2, 0) is 14.6 Å². The molecule has 0 aromatic heterocycles. The second-order valence-corrected chi connectivity index (χ2v) is 8.74. The van der Waals surface area contributed by atoms with Crippen LogP contribution in [0.25, 0.3) is 0 Å². The van der Waals surface area contributed by atoms with Gasteiger partial charge in [0, 0.05) is 50.0 Å². The van der Waals surface area contributed by atoms with E-state index >= 15 is 0 Å². The molecular formula is C12H24N2O3S2. The quantitative estimate of drug-likeness (QED) is 0.724. The summed E-state index contributed by atoms with van der Waals surface area (Å²) in [6.07, 6.45) is 3.82. The first-order chi connectivity index (χ1) is 9.02. The topological polar surface area (TPSA) is 58.6 Å². The highest BCUT2D eigenvalue weighted by Crippen LogP contribution is 2.24. The van der Waals surface area contributed by atoms with Crippen molar-refractivity contribution in [1.29, 1.82) is 0 Å². The lowest BCUT2D eigenvalue weighted by Gasteiger charge is -2.39. The summed E-state index contributed by atoms with van der Waals surface area (Å²) >= 11 is 1.72. The fourth-order valence-corrected chi connectivity index (χ4v) is 5.38. The van der Waals surface area contributed by atoms with Crippen molar-refractivity contribution in [2.24, 2.45) is 0 Å². The summed E-state index contributed by atoms with van der Waals surface area (Å²) in [6.45, 7) is 2.22. The summed E-state index contributed by atoms with van der Waals surface area (Å²) in [4.78, 5) is 2.12. The van der Waals surface area contributed by atoms with Crippen LogP contribution in [-0.4, -0.2) is 75.3 Å². The first-order valence-corrected chi connectivity index (χ1v) is 9.88. The molecule has 1 heterocycles. The van der Waals surface area contributed by atoms with Crippen LogP contribution in [0.3, 0.4) is 0 Å². The van der Waals surface area contributed by atoms with Crippen molar-refractivity contribution in [2.75, 3.05) is 44.6 Å². The highest BCUT2D eigenvalue weighted by atomic mass is 32.2. The van der Waals surface area contributed by atoms with Gasteiger partial charge in [0.25, 0.3) is 0 Å². The fraction of sp³-hybridized carbons (Fsp3) is 1.00. The van der Waals surface area contributed by atoms with Gasteiger partial charge in [-0.25, -0.2) is 8.42 Å². The van der Waals surface area contributed by atoms with E-state index in [1.165, 1.54) is 19.1 Å². The Balaban J connectivity index is 2.02. The lowest BCUT2D eigenvalue weighted by atomic mass is 10.2. The van der Waals surface area contributed by atoms with Crippen LogP contribution in [0.15, 0.2) is 0 Å². The van der Waals surface area contributed by atoms with Crippen molar-refractivity contribution in [1.82, 2.24) is 10.2 Å². The number of nitrogens with one attached hydrogen (secondary N) is 1. The zero-order valence-electron chi connectivity index (χ0n) is 11.7. The number of thioether (sulfide) groups is 1. The van der Waals surface area contributed by atoms with Gasteiger partial charge in [-0.2, -0.15) is 11.8 Å². The molecule has 0 aromatic carbocycles. The van der Waals surface area contributed by atoms with Crippen molar-refractivity contribution >= 4 is 21.6 Å². The monoisotopic (exact) mass is 308 g/mol. The summed E-state index contributed by atoms with van der Waals surface area (Å²) in [5, 5.41) is 3.12. The standard InChI is InChI=1S/C12H24N2O3S2/c1-17-8-11(7-13-10-3-4-10)14-5-6-18-9-12(14)19(2,15)16/h10-13H,3-9H2,1-2H3. The second kappa shape index (κ2) is 6.76. The number of nitrogens with zero attached hydrogens (tertiary/aromatic N) is 1. The van der Waals surface area contributed by atoms with E-state index in [9.17, 15) is 8.42 Å². The first kappa shape index (κ1) is 15.6. The number of ether oxygens (including phenoxy) is 1. The van der Waals surface area contributed by atoms with Crippen molar-refractivity contribution in [3.8, 4) is 0 Å². The molecule has 0 radical (unpaired) electrons. The van der Waals surface area contributed by atoms with E-state index in [-0.39, 0.29) is 11.4 Å². The molecule has 112 valence electrons. The van der Waals surface area contributed by atoms with E-state index in [4.69, 9.17) is 4.74 Å². The Morgan fingerprint density at radius 3 is 2.79 bits per heavy atom. The third kappa shape index (κ3) is 4.60. The normalized spacial score (nSPS) is 27.4. The lowest BCUT2D eigenvalue weighted by Crippen LogP contribution is -2.56. The van der Waals surface area contributed by atoms with Gasteiger partial charge in [0.1, 0.15) is 5.37 Å². The maximum Gasteiger partial charge on any atom is 0.164 e. The van der Waals surface area contributed by atoms with Crippen LogP contribution >= 0.6 is 11.8 Å². The third-order valence-electron chi connectivity index (χ3n) is 3.67.